The van der Waals surface area contributed by atoms with E-state index in [2.05, 4.69) is 17.2 Å². The van der Waals surface area contributed by atoms with Gasteiger partial charge in [-0.15, -0.1) is 11.3 Å². The van der Waals surface area contributed by atoms with Crippen molar-refractivity contribution in [1.29, 1.82) is 0 Å². The third-order valence-electron chi connectivity index (χ3n) is 3.16. The SMILES string of the molecule is CCc1nc(NC(=O)Cc2ccccc2CN)sc1C. The largest absolute Gasteiger partial charge is 0.326 e. The van der Waals surface area contributed by atoms with Gasteiger partial charge in [0.1, 0.15) is 0 Å². The van der Waals surface area contributed by atoms with Crippen LogP contribution >= 0.6 is 11.3 Å². The number of carbonyl (C=O) groups excluding carboxylic acids is 1. The smallest absolute Gasteiger partial charge is 0.230 e. The molecule has 0 fully saturated rings. The van der Waals surface area contributed by atoms with Crippen LogP contribution in [0, 0.1) is 6.92 Å². The number of anilines is 1. The predicted octanol–water partition coefficient (Wildman–Crippen LogP) is 2.65. The number of benzene rings is 1. The Kier molecular flexibility index (Phi) is 4.87. The van der Waals surface area contributed by atoms with Gasteiger partial charge in [-0.05, 0) is 24.5 Å². The summed E-state index contributed by atoms with van der Waals surface area (Å²) in [7, 11) is 0. The van der Waals surface area contributed by atoms with Crippen LogP contribution in [0.4, 0.5) is 5.13 Å². The Morgan fingerprint density at radius 1 is 1.35 bits per heavy atom. The van der Waals surface area contributed by atoms with Crippen molar-refractivity contribution in [2.75, 3.05) is 5.32 Å². The van der Waals surface area contributed by atoms with Crippen LogP contribution in [0.5, 0.6) is 0 Å². The van der Waals surface area contributed by atoms with Gasteiger partial charge < -0.3 is 11.1 Å². The Morgan fingerprint density at radius 3 is 2.65 bits per heavy atom. The molecule has 1 amide bonds. The van der Waals surface area contributed by atoms with Crippen LogP contribution in [0.3, 0.4) is 0 Å². The lowest BCUT2D eigenvalue weighted by Crippen LogP contribution is -2.16. The van der Waals surface area contributed by atoms with E-state index in [1.807, 2.05) is 31.2 Å². The van der Waals surface area contributed by atoms with Crippen molar-refractivity contribution in [3.8, 4) is 0 Å². The Bertz CT molecular complexity index is 607. The minimum absolute atomic E-state index is 0.0534. The highest BCUT2D eigenvalue weighted by Crippen LogP contribution is 2.22. The first-order valence-corrected chi connectivity index (χ1v) is 7.48. The highest BCUT2D eigenvalue weighted by atomic mass is 32.1. The summed E-state index contributed by atoms with van der Waals surface area (Å²) in [5, 5.41) is 3.54. The summed E-state index contributed by atoms with van der Waals surface area (Å²) in [4.78, 5) is 17.6. The predicted molar refractivity (Wildman–Crippen MR) is 82.9 cm³/mol. The highest BCUT2D eigenvalue weighted by molar-refractivity contribution is 7.15. The second kappa shape index (κ2) is 6.63. The molecule has 5 heteroatoms. The number of rotatable bonds is 5. The lowest BCUT2D eigenvalue weighted by molar-refractivity contribution is -0.115. The summed E-state index contributed by atoms with van der Waals surface area (Å²) in [6.45, 7) is 4.53. The van der Waals surface area contributed by atoms with Gasteiger partial charge >= 0.3 is 0 Å². The first kappa shape index (κ1) is 14.7. The minimum atomic E-state index is -0.0534. The molecule has 0 aliphatic heterocycles. The molecule has 0 atom stereocenters. The van der Waals surface area contributed by atoms with E-state index < -0.39 is 0 Å². The quantitative estimate of drug-likeness (QED) is 0.889. The van der Waals surface area contributed by atoms with Gasteiger partial charge in [0.05, 0.1) is 12.1 Å². The number of amides is 1. The third kappa shape index (κ3) is 3.43. The van der Waals surface area contributed by atoms with Gasteiger partial charge in [0, 0.05) is 11.4 Å². The average Bonchev–Trinajstić information content (AvgIpc) is 2.79. The van der Waals surface area contributed by atoms with Crippen molar-refractivity contribution < 1.29 is 4.79 Å². The lowest BCUT2D eigenvalue weighted by atomic mass is 10.0. The van der Waals surface area contributed by atoms with Gasteiger partial charge in [-0.25, -0.2) is 4.98 Å². The second-order valence-corrected chi connectivity index (χ2v) is 5.78. The Labute approximate surface area is 123 Å². The van der Waals surface area contributed by atoms with E-state index in [1.54, 1.807) is 0 Å². The molecule has 0 aliphatic rings. The number of nitrogens with one attached hydrogen (secondary N) is 1. The molecule has 4 nitrogen and oxygen atoms in total. The van der Waals surface area contributed by atoms with Crippen LogP contribution < -0.4 is 11.1 Å². The first-order valence-electron chi connectivity index (χ1n) is 6.67. The molecular formula is C15H19N3OS. The number of carbonyl (C=O) groups is 1. The van der Waals surface area contributed by atoms with Gasteiger partial charge in [-0.1, -0.05) is 31.2 Å². The number of nitrogens with two attached hydrogens (primary N) is 1. The van der Waals surface area contributed by atoms with E-state index in [-0.39, 0.29) is 5.91 Å². The van der Waals surface area contributed by atoms with Crippen LogP contribution in [0.2, 0.25) is 0 Å². The molecule has 20 heavy (non-hydrogen) atoms. The Balaban J connectivity index is 2.05. The van der Waals surface area contributed by atoms with Gasteiger partial charge in [0.2, 0.25) is 5.91 Å². The van der Waals surface area contributed by atoms with Crippen LogP contribution in [0.25, 0.3) is 0 Å². The number of thiazole rings is 1. The third-order valence-corrected chi connectivity index (χ3v) is 4.09. The molecule has 0 aliphatic carbocycles. The maximum atomic E-state index is 12.1. The average molecular weight is 289 g/mol. The summed E-state index contributed by atoms with van der Waals surface area (Å²) < 4.78 is 0. The molecular weight excluding hydrogens is 270 g/mol. The van der Waals surface area contributed by atoms with E-state index in [4.69, 9.17) is 5.73 Å². The molecule has 2 aromatic rings. The molecule has 0 saturated heterocycles. The molecule has 0 unspecified atom stereocenters. The molecule has 0 spiro atoms. The van der Waals surface area contributed by atoms with Crippen molar-refractivity contribution in [2.45, 2.75) is 33.2 Å². The summed E-state index contributed by atoms with van der Waals surface area (Å²) >= 11 is 1.52. The fourth-order valence-electron chi connectivity index (χ4n) is 2.08. The summed E-state index contributed by atoms with van der Waals surface area (Å²) in [6.07, 6.45) is 1.21. The van der Waals surface area contributed by atoms with Crippen LogP contribution in [0.15, 0.2) is 24.3 Å². The molecule has 3 N–H and O–H groups in total. The fraction of sp³-hybridized carbons (Fsp3) is 0.333. The molecule has 0 radical (unpaired) electrons. The zero-order chi connectivity index (χ0) is 14.5. The van der Waals surface area contributed by atoms with Gasteiger partial charge in [0.15, 0.2) is 5.13 Å². The maximum Gasteiger partial charge on any atom is 0.230 e. The van der Waals surface area contributed by atoms with Crippen molar-refractivity contribution in [3.05, 3.63) is 46.0 Å². The highest BCUT2D eigenvalue weighted by Gasteiger charge is 2.11. The maximum absolute atomic E-state index is 12.1. The van der Waals surface area contributed by atoms with E-state index in [1.165, 1.54) is 11.3 Å². The van der Waals surface area contributed by atoms with Crippen molar-refractivity contribution in [2.24, 2.45) is 5.73 Å². The molecule has 106 valence electrons. The topological polar surface area (TPSA) is 68.0 Å². The normalized spacial score (nSPS) is 10.6. The van der Waals surface area contributed by atoms with E-state index >= 15 is 0 Å². The summed E-state index contributed by atoms with van der Waals surface area (Å²) in [6, 6.07) is 7.74. The number of hydrogen-bond acceptors (Lipinski definition) is 4. The Morgan fingerprint density at radius 2 is 2.05 bits per heavy atom. The zero-order valence-electron chi connectivity index (χ0n) is 11.8. The second-order valence-electron chi connectivity index (χ2n) is 4.57. The Hall–Kier alpha value is -1.72. The van der Waals surface area contributed by atoms with Crippen LogP contribution in [-0.2, 0) is 24.2 Å². The van der Waals surface area contributed by atoms with E-state index in [0.717, 1.165) is 28.1 Å². The molecule has 1 aromatic heterocycles. The minimum Gasteiger partial charge on any atom is -0.326 e. The number of hydrogen-bond donors (Lipinski definition) is 2. The fourth-order valence-corrected chi connectivity index (χ4v) is 2.99. The standard InChI is InChI=1S/C15H19N3OS/c1-3-13-10(2)20-15(17-13)18-14(19)8-11-6-4-5-7-12(11)9-16/h4-7H,3,8-9,16H2,1-2H3,(H,17,18,19). The molecule has 0 saturated carbocycles. The van der Waals surface area contributed by atoms with Crippen LogP contribution in [0.1, 0.15) is 28.6 Å². The summed E-state index contributed by atoms with van der Waals surface area (Å²) in [5.74, 6) is -0.0534. The zero-order valence-corrected chi connectivity index (χ0v) is 12.6. The number of aromatic nitrogens is 1. The van der Waals surface area contributed by atoms with Gasteiger partial charge in [-0.2, -0.15) is 0 Å². The first-order chi connectivity index (χ1) is 9.63. The van der Waals surface area contributed by atoms with Gasteiger partial charge in [-0.3, -0.25) is 4.79 Å². The van der Waals surface area contributed by atoms with Crippen molar-refractivity contribution >= 4 is 22.4 Å². The van der Waals surface area contributed by atoms with Crippen molar-refractivity contribution in [1.82, 2.24) is 4.98 Å². The van der Waals surface area contributed by atoms with Crippen LogP contribution in [-0.4, -0.2) is 10.9 Å². The monoisotopic (exact) mass is 289 g/mol. The lowest BCUT2D eigenvalue weighted by Gasteiger charge is -2.06. The number of nitrogens with zero attached hydrogens (tertiary/aromatic N) is 1. The van der Waals surface area contributed by atoms with E-state index in [9.17, 15) is 4.79 Å². The molecule has 1 aromatic carbocycles. The molecule has 2 rings (SSSR count). The van der Waals surface area contributed by atoms with E-state index in [0.29, 0.717) is 18.1 Å². The molecule has 1 heterocycles. The van der Waals surface area contributed by atoms with Crippen molar-refractivity contribution in [3.63, 3.8) is 0 Å². The van der Waals surface area contributed by atoms with Gasteiger partial charge in [0.25, 0.3) is 0 Å². The number of aryl methyl sites for hydroxylation is 2. The summed E-state index contributed by atoms with van der Waals surface area (Å²) in [5.41, 5.74) is 8.70. The molecule has 0 bridgehead atoms.